The standard InChI is InChI=1S/C17H27N5O3S2/c1-5-21(6-2)27(23,24)15-9-7-8-14(12-15)16-19-20-17(22(16)18)26-11-10-25-13(3)4/h7-9,12-13H,5-6,10-11,18H2,1-4H3. The maximum absolute atomic E-state index is 12.7. The van der Waals surface area contributed by atoms with Crippen molar-refractivity contribution in [3.63, 3.8) is 0 Å². The maximum atomic E-state index is 12.7. The first-order valence-corrected chi connectivity index (χ1v) is 11.3. The Morgan fingerprint density at radius 2 is 1.96 bits per heavy atom. The molecular weight excluding hydrogens is 386 g/mol. The third kappa shape index (κ3) is 5.22. The van der Waals surface area contributed by atoms with Gasteiger partial charge in [0.1, 0.15) is 0 Å². The number of nitrogen functional groups attached to an aromatic ring is 1. The van der Waals surface area contributed by atoms with Crippen molar-refractivity contribution in [2.75, 3.05) is 31.3 Å². The lowest BCUT2D eigenvalue weighted by molar-refractivity contribution is 0.0920. The number of thioether (sulfide) groups is 1. The van der Waals surface area contributed by atoms with Gasteiger partial charge in [0.2, 0.25) is 15.2 Å². The Balaban J connectivity index is 2.22. The molecule has 0 aliphatic carbocycles. The number of nitrogens with zero attached hydrogens (tertiary/aromatic N) is 4. The van der Waals surface area contributed by atoms with Gasteiger partial charge in [0.15, 0.2) is 5.82 Å². The van der Waals surface area contributed by atoms with Crippen LogP contribution in [0.25, 0.3) is 11.4 Å². The predicted molar refractivity (Wildman–Crippen MR) is 108 cm³/mol. The minimum Gasteiger partial charge on any atom is -0.378 e. The average molecular weight is 414 g/mol. The zero-order valence-corrected chi connectivity index (χ0v) is 17.8. The predicted octanol–water partition coefficient (Wildman–Crippen LogP) is 2.21. The number of ether oxygens (including phenoxy) is 1. The van der Waals surface area contributed by atoms with Gasteiger partial charge in [0.05, 0.1) is 17.6 Å². The van der Waals surface area contributed by atoms with Crippen molar-refractivity contribution in [1.29, 1.82) is 0 Å². The monoisotopic (exact) mass is 413 g/mol. The summed E-state index contributed by atoms with van der Waals surface area (Å²) in [6.45, 7) is 9.00. The quantitative estimate of drug-likeness (QED) is 0.362. The van der Waals surface area contributed by atoms with Crippen LogP contribution in [0.1, 0.15) is 27.7 Å². The second kappa shape index (κ2) is 9.54. The topological polar surface area (TPSA) is 103 Å². The van der Waals surface area contributed by atoms with Crippen LogP contribution < -0.4 is 5.84 Å². The lowest BCUT2D eigenvalue weighted by Gasteiger charge is -2.18. The summed E-state index contributed by atoms with van der Waals surface area (Å²) < 4.78 is 33.8. The van der Waals surface area contributed by atoms with Gasteiger partial charge in [0.25, 0.3) is 0 Å². The zero-order valence-electron chi connectivity index (χ0n) is 16.1. The summed E-state index contributed by atoms with van der Waals surface area (Å²) in [5.74, 6) is 7.23. The summed E-state index contributed by atoms with van der Waals surface area (Å²) in [5.41, 5.74) is 0.600. The number of nitrogens with two attached hydrogens (primary N) is 1. The molecule has 0 spiro atoms. The Morgan fingerprint density at radius 1 is 1.26 bits per heavy atom. The van der Waals surface area contributed by atoms with E-state index < -0.39 is 10.0 Å². The lowest BCUT2D eigenvalue weighted by atomic mass is 10.2. The molecule has 1 aromatic heterocycles. The van der Waals surface area contributed by atoms with Crippen LogP contribution in [0.5, 0.6) is 0 Å². The summed E-state index contributed by atoms with van der Waals surface area (Å²) in [6.07, 6.45) is 0.174. The van der Waals surface area contributed by atoms with E-state index in [1.807, 2.05) is 27.7 Å². The average Bonchev–Trinajstić information content (AvgIpc) is 3.00. The molecule has 8 nitrogen and oxygen atoms in total. The molecule has 0 aliphatic rings. The number of rotatable bonds is 10. The van der Waals surface area contributed by atoms with Crippen LogP contribution in [0, 0.1) is 0 Å². The van der Waals surface area contributed by atoms with Crippen LogP contribution in [-0.4, -0.2) is 59.1 Å². The molecule has 27 heavy (non-hydrogen) atoms. The van der Waals surface area contributed by atoms with E-state index in [-0.39, 0.29) is 11.0 Å². The Labute approximate surface area is 165 Å². The van der Waals surface area contributed by atoms with Gasteiger partial charge in [-0.15, -0.1) is 10.2 Å². The third-order valence-electron chi connectivity index (χ3n) is 3.87. The first-order valence-electron chi connectivity index (χ1n) is 8.86. The third-order valence-corrected chi connectivity index (χ3v) is 6.82. The minimum atomic E-state index is -3.55. The minimum absolute atomic E-state index is 0.174. The molecular formula is C17H27N5O3S2. The SMILES string of the molecule is CCN(CC)S(=O)(=O)c1cccc(-c2nnc(SCCOC(C)C)n2N)c1. The fourth-order valence-electron chi connectivity index (χ4n) is 2.50. The summed E-state index contributed by atoms with van der Waals surface area (Å²) in [6, 6.07) is 6.61. The van der Waals surface area contributed by atoms with E-state index in [9.17, 15) is 8.42 Å². The Bertz CT molecular complexity index is 848. The highest BCUT2D eigenvalue weighted by molar-refractivity contribution is 7.99. The fourth-order valence-corrected chi connectivity index (χ4v) is 4.69. The van der Waals surface area contributed by atoms with Gasteiger partial charge in [-0.2, -0.15) is 4.31 Å². The van der Waals surface area contributed by atoms with Crippen LogP contribution in [0.3, 0.4) is 0 Å². The van der Waals surface area contributed by atoms with Crippen molar-refractivity contribution >= 4 is 21.8 Å². The zero-order chi connectivity index (χ0) is 20.0. The molecule has 1 heterocycles. The first kappa shape index (κ1) is 21.7. The molecule has 150 valence electrons. The molecule has 0 saturated heterocycles. The van der Waals surface area contributed by atoms with Gasteiger partial charge < -0.3 is 10.6 Å². The Morgan fingerprint density at radius 3 is 2.59 bits per heavy atom. The van der Waals surface area contributed by atoms with Crippen molar-refractivity contribution in [2.24, 2.45) is 0 Å². The number of hydrogen-bond acceptors (Lipinski definition) is 7. The number of sulfonamides is 1. The lowest BCUT2D eigenvalue weighted by Crippen LogP contribution is -2.30. The van der Waals surface area contributed by atoms with Gasteiger partial charge >= 0.3 is 0 Å². The molecule has 0 atom stereocenters. The number of aromatic nitrogens is 3. The van der Waals surface area contributed by atoms with Gasteiger partial charge in [-0.1, -0.05) is 37.7 Å². The van der Waals surface area contributed by atoms with E-state index in [0.29, 0.717) is 42.0 Å². The molecule has 0 bridgehead atoms. The molecule has 0 saturated carbocycles. The second-order valence-electron chi connectivity index (χ2n) is 6.06. The molecule has 2 aromatic rings. The van der Waals surface area contributed by atoms with Gasteiger partial charge in [-0.3, -0.25) is 0 Å². The van der Waals surface area contributed by atoms with Crippen molar-refractivity contribution in [1.82, 2.24) is 19.2 Å². The van der Waals surface area contributed by atoms with E-state index in [1.165, 1.54) is 20.7 Å². The molecule has 0 aliphatic heterocycles. The van der Waals surface area contributed by atoms with Crippen LogP contribution in [0.2, 0.25) is 0 Å². The molecule has 0 unspecified atom stereocenters. The van der Waals surface area contributed by atoms with Crippen molar-refractivity contribution < 1.29 is 13.2 Å². The highest BCUT2D eigenvalue weighted by atomic mass is 32.2. The number of hydrogen-bond donors (Lipinski definition) is 1. The molecule has 10 heteroatoms. The van der Waals surface area contributed by atoms with E-state index >= 15 is 0 Å². The van der Waals surface area contributed by atoms with E-state index in [2.05, 4.69) is 10.2 Å². The van der Waals surface area contributed by atoms with E-state index in [4.69, 9.17) is 10.6 Å². The van der Waals surface area contributed by atoms with Crippen molar-refractivity contribution in [2.45, 2.75) is 43.9 Å². The Hall–Kier alpha value is -1.62. The fraction of sp³-hybridized carbons (Fsp3) is 0.529. The maximum Gasteiger partial charge on any atom is 0.243 e. The summed E-state index contributed by atoms with van der Waals surface area (Å²) in [5, 5.41) is 8.78. The normalized spacial score (nSPS) is 12.2. The highest BCUT2D eigenvalue weighted by Crippen LogP contribution is 2.25. The van der Waals surface area contributed by atoms with Crippen LogP contribution >= 0.6 is 11.8 Å². The summed E-state index contributed by atoms with van der Waals surface area (Å²) in [4.78, 5) is 0.214. The largest absolute Gasteiger partial charge is 0.378 e. The second-order valence-corrected chi connectivity index (χ2v) is 9.06. The van der Waals surface area contributed by atoms with E-state index in [0.717, 1.165) is 0 Å². The van der Waals surface area contributed by atoms with Crippen LogP contribution in [0.4, 0.5) is 0 Å². The van der Waals surface area contributed by atoms with Crippen molar-refractivity contribution in [3.8, 4) is 11.4 Å². The molecule has 1 aromatic carbocycles. The first-order chi connectivity index (χ1) is 12.8. The van der Waals surface area contributed by atoms with Gasteiger partial charge in [-0.05, 0) is 26.0 Å². The van der Waals surface area contributed by atoms with Gasteiger partial charge in [0, 0.05) is 24.4 Å². The summed E-state index contributed by atoms with van der Waals surface area (Å²) >= 11 is 1.44. The molecule has 2 N–H and O–H groups in total. The summed E-state index contributed by atoms with van der Waals surface area (Å²) in [7, 11) is -3.55. The Kier molecular flexibility index (Phi) is 7.66. The van der Waals surface area contributed by atoms with E-state index in [1.54, 1.807) is 24.3 Å². The molecule has 2 rings (SSSR count). The van der Waals surface area contributed by atoms with Crippen molar-refractivity contribution in [3.05, 3.63) is 24.3 Å². The smallest absolute Gasteiger partial charge is 0.243 e. The molecule has 0 radical (unpaired) electrons. The van der Waals surface area contributed by atoms with Gasteiger partial charge in [-0.25, -0.2) is 13.1 Å². The molecule has 0 amide bonds. The van der Waals surface area contributed by atoms with Crippen LogP contribution in [-0.2, 0) is 14.8 Å². The highest BCUT2D eigenvalue weighted by Gasteiger charge is 2.22. The number of benzene rings is 1. The molecule has 0 fully saturated rings. The van der Waals surface area contributed by atoms with Crippen LogP contribution in [0.15, 0.2) is 34.3 Å².